The Morgan fingerprint density at radius 3 is 2.30 bits per heavy atom. The molecule has 2 aromatic carbocycles. The number of nitrogens with two attached hydrogens (primary N) is 1. The molecular weight excluding hydrogens is 466 g/mol. The van der Waals surface area contributed by atoms with Crippen LogP contribution in [0.25, 0.3) is 22.2 Å². The minimum absolute atomic E-state index is 0.261. The normalized spacial score (nSPS) is 17.8. The van der Waals surface area contributed by atoms with Crippen molar-refractivity contribution >= 4 is 22.9 Å². The number of hydrogen-bond donors (Lipinski definition) is 2. The van der Waals surface area contributed by atoms with Gasteiger partial charge in [0, 0.05) is 30.9 Å². The van der Waals surface area contributed by atoms with Crippen molar-refractivity contribution in [2.75, 3.05) is 18.8 Å². The fourth-order valence-corrected chi connectivity index (χ4v) is 6.10. The highest BCUT2D eigenvalue weighted by atomic mass is 16.5. The first-order valence-electron chi connectivity index (χ1n) is 12.9. The number of likely N-dealkylation sites (tertiary alicyclic amines) is 1. The number of hydrogen-bond acceptors (Lipinski definition) is 5. The van der Waals surface area contributed by atoms with Crippen molar-refractivity contribution in [3.05, 3.63) is 67.1 Å². The van der Waals surface area contributed by atoms with Crippen LogP contribution in [0, 0.1) is 5.41 Å². The molecule has 3 N–H and O–H groups in total. The molecule has 3 heterocycles. The standard InChI is InChI=1S/C29H31N5O3/c30-26-25-24(20-6-8-23(9-7-20)37-22-4-2-1-3-5-22)18-34(27(25)32-19-31-26)21-10-12-29(13-11-21)14-16-33(17-15-29)28(35)36/h1-9,18-19,21H,10-17H2,(H,35,36)(H2,30,31,32). The van der Waals surface area contributed by atoms with Gasteiger partial charge in [-0.1, -0.05) is 30.3 Å². The second-order valence-corrected chi connectivity index (χ2v) is 10.3. The molecular formula is C29H31N5O3. The van der Waals surface area contributed by atoms with Gasteiger partial charge in [-0.15, -0.1) is 0 Å². The van der Waals surface area contributed by atoms with Crippen LogP contribution in [0.1, 0.15) is 44.6 Å². The van der Waals surface area contributed by atoms with Gasteiger partial charge in [0.1, 0.15) is 29.3 Å². The zero-order valence-electron chi connectivity index (χ0n) is 20.7. The lowest BCUT2D eigenvalue weighted by Crippen LogP contribution is -2.44. The second kappa shape index (κ2) is 9.42. The van der Waals surface area contributed by atoms with Crippen molar-refractivity contribution in [3.63, 3.8) is 0 Å². The first-order valence-corrected chi connectivity index (χ1v) is 12.9. The van der Waals surface area contributed by atoms with Gasteiger partial charge in [0.2, 0.25) is 0 Å². The van der Waals surface area contributed by atoms with E-state index in [0.29, 0.717) is 24.9 Å². The highest BCUT2D eigenvalue weighted by molar-refractivity contribution is 6.00. The largest absolute Gasteiger partial charge is 0.465 e. The molecule has 190 valence electrons. The minimum Gasteiger partial charge on any atom is -0.465 e. The molecule has 0 bridgehead atoms. The topological polar surface area (TPSA) is 107 Å². The Labute approximate surface area is 215 Å². The molecule has 6 rings (SSSR count). The zero-order chi connectivity index (χ0) is 25.4. The number of carboxylic acid groups (broad SMARTS) is 1. The summed E-state index contributed by atoms with van der Waals surface area (Å²) >= 11 is 0. The Balaban J connectivity index is 1.24. The summed E-state index contributed by atoms with van der Waals surface area (Å²) < 4.78 is 8.25. The number of aromatic nitrogens is 3. The van der Waals surface area contributed by atoms with Crippen LogP contribution < -0.4 is 10.5 Å². The van der Waals surface area contributed by atoms with Crippen LogP contribution in [0.2, 0.25) is 0 Å². The molecule has 0 atom stereocenters. The molecule has 37 heavy (non-hydrogen) atoms. The van der Waals surface area contributed by atoms with E-state index in [9.17, 15) is 9.90 Å². The number of nitrogen functional groups attached to an aromatic ring is 1. The average Bonchev–Trinajstić information content (AvgIpc) is 3.31. The van der Waals surface area contributed by atoms with E-state index in [4.69, 9.17) is 10.5 Å². The number of benzene rings is 2. The molecule has 1 amide bonds. The van der Waals surface area contributed by atoms with E-state index < -0.39 is 6.09 Å². The molecule has 8 heteroatoms. The lowest BCUT2D eigenvalue weighted by Gasteiger charge is -2.45. The summed E-state index contributed by atoms with van der Waals surface area (Å²) in [5.41, 5.74) is 9.57. The number of ether oxygens (including phenoxy) is 1. The van der Waals surface area contributed by atoms with Crippen LogP contribution in [0.3, 0.4) is 0 Å². The maximum atomic E-state index is 11.3. The van der Waals surface area contributed by atoms with E-state index in [-0.39, 0.29) is 5.41 Å². The van der Waals surface area contributed by atoms with Crippen molar-refractivity contribution in [2.24, 2.45) is 5.41 Å². The van der Waals surface area contributed by atoms with Crippen molar-refractivity contribution in [3.8, 4) is 22.6 Å². The monoisotopic (exact) mass is 497 g/mol. The van der Waals surface area contributed by atoms with Crippen LogP contribution in [0.5, 0.6) is 11.5 Å². The Kier molecular flexibility index (Phi) is 5.94. The molecule has 0 unspecified atom stereocenters. The van der Waals surface area contributed by atoms with Crippen molar-refractivity contribution in [1.29, 1.82) is 0 Å². The molecule has 1 saturated heterocycles. The zero-order valence-corrected chi connectivity index (χ0v) is 20.7. The Morgan fingerprint density at radius 2 is 1.62 bits per heavy atom. The summed E-state index contributed by atoms with van der Waals surface area (Å²) in [6.07, 6.45) is 9.13. The predicted molar refractivity (Wildman–Crippen MR) is 143 cm³/mol. The Morgan fingerprint density at radius 1 is 0.946 bits per heavy atom. The molecule has 0 radical (unpaired) electrons. The van der Waals surface area contributed by atoms with Crippen LogP contribution in [0.4, 0.5) is 10.6 Å². The molecule has 2 aromatic heterocycles. The summed E-state index contributed by atoms with van der Waals surface area (Å²) in [6.45, 7) is 1.29. The quantitative estimate of drug-likeness (QED) is 0.340. The van der Waals surface area contributed by atoms with E-state index >= 15 is 0 Å². The minimum atomic E-state index is -0.799. The van der Waals surface area contributed by atoms with Gasteiger partial charge in [0.25, 0.3) is 0 Å². The molecule has 2 fully saturated rings. The van der Waals surface area contributed by atoms with E-state index in [1.54, 1.807) is 11.2 Å². The van der Waals surface area contributed by atoms with Gasteiger partial charge < -0.3 is 25.0 Å². The highest BCUT2D eigenvalue weighted by Gasteiger charge is 2.39. The van der Waals surface area contributed by atoms with Crippen LogP contribution in [-0.4, -0.2) is 43.7 Å². The Hall–Kier alpha value is -4.07. The fourth-order valence-electron chi connectivity index (χ4n) is 6.10. The molecule has 4 aromatic rings. The first-order chi connectivity index (χ1) is 18.0. The number of amides is 1. The number of para-hydroxylation sites is 1. The van der Waals surface area contributed by atoms with Gasteiger partial charge in [-0.3, -0.25) is 0 Å². The number of fused-ring (bicyclic) bond motifs is 1. The molecule has 1 aliphatic heterocycles. The third-order valence-electron chi connectivity index (χ3n) is 8.29. The molecule has 1 aliphatic carbocycles. The van der Waals surface area contributed by atoms with Gasteiger partial charge in [-0.2, -0.15) is 0 Å². The summed E-state index contributed by atoms with van der Waals surface area (Å²) in [7, 11) is 0. The third-order valence-corrected chi connectivity index (χ3v) is 8.29. The van der Waals surface area contributed by atoms with Crippen LogP contribution in [0.15, 0.2) is 67.1 Å². The summed E-state index contributed by atoms with van der Waals surface area (Å²) in [4.78, 5) is 21.8. The molecule has 8 nitrogen and oxygen atoms in total. The van der Waals surface area contributed by atoms with E-state index in [1.807, 2.05) is 42.5 Å². The van der Waals surface area contributed by atoms with Crippen molar-refractivity contribution in [1.82, 2.24) is 19.4 Å². The number of nitrogens with zero attached hydrogens (tertiary/aromatic N) is 4. The molecule has 2 aliphatic rings. The number of carbonyl (C=O) groups is 1. The SMILES string of the molecule is Nc1ncnc2c1c(-c1ccc(Oc3ccccc3)cc1)cn2C1CCC2(CC1)CCN(C(=O)O)CC2. The molecule has 1 saturated carbocycles. The van der Waals surface area contributed by atoms with Crippen LogP contribution >= 0.6 is 0 Å². The van der Waals surface area contributed by atoms with Gasteiger partial charge in [0.15, 0.2) is 0 Å². The van der Waals surface area contributed by atoms with Gasteiger partial charge in [-0.25, -0.2) is 14.8 Å². The summed E-state index contributed by atoms with van der Waals surface area (Å²) in [5, 5.41) is 10.2. The van der Waals surface area contributed by atoms with Gasteiger partial charge in [-0.05, 0) is 73.8 Å². The third kappa shape index (κ3) is 4.48. The van der Waals surface area contributed by atoms with Gasteiger partial charge in [0.05, 0.1) is 5.39 Å². The highest BCUT2D eigenvalue weighted by Crippen LogP contribution is 2.49. The smallest absolute Gasteiger partial charge is 0.407 e. The summed E-state index contributed by atoms with van der Waals surface area (Å²) in [6, 6.07) is 18.1. The first kappa shape index (κ1) is 23.3. The maximum Gasteiger partial charge on any atom is 0.407 e. The number of anilines is 1. The van der Waals surface area contributed by atoms with E-state index in [0.717, 1.165) is 72.2 Å². The van der Waals surface area contributed by atoms with Crippen LogP contribution in [-0.2, 0) is 0 Å². The number of piperidine rings is 1. The average molecular weight is 498 g/mol. The van der Waals surface area contributed by atoms with Crippen molar-refractivity contribution in [2.45, 2.75) is 44.6 Å². The van der Waals surface area contributed by atoms with Gasteiger partial charge >= 0.3 is 6.09 Å². The number of rotatable bonds is 4. The lowest BCUT2D eigenvalue weighted by atomic mass is 9.67. The second-order valence-electron chi connectivity index (χ2n) is 10.3. The molecule has 1 spiro atoms. The fraction of sp³-hybridized carbons (Fsp3) is 0.345. The maximum absolute atomic E-state index is 11.3. The van der Waals surface area contributed by atoms with E-state index in [1.165, 1.54) is 0 Å². The van der Waals surface area contributed by atoms with Crippen molar-refractivity contribution < 1.29 is 14.6 Å². The Bertz CT molecular complexity index is 1400. The summed E-state index contributed by atoms with van der Waals surface area (Å²) in [5.74, 6) is 2.05. The lowest BCUT2D eigenvalue weighted by molar-refractivity contribution is 0.0537. The predicted octanol–water partition coefficient (Wildman–Crippen LogP) is 6.35. The van der Waals surface area contributed by atoms with E-state index in [2.05, 4.69) is 32.9 Å².